The van der Waals surface area contributed by atoms with Crippen molar-refractivity contribution in [3.05, 3.63) is 0 Å². The Hall–Kier alpha value is -0.160. The van der Waals surface area contributed by atoms with Crippen LogP contribution in [0.5, 0.6) is 0 Å². The zero-order valence-electron chi connectivity index (χ0n) is 11.9. The van der Waals surface area contributed by atoms with E-state index in [9.17, 15) is 5.11 Å². The van der Waals surface area contributed by atoms with Crippen LogP contribution in [-0.4, -0.2) is 50.2 Å². The maximum Gasteiger partial charge on any atom is 0.0897 e. The molecule has 0 aromatic heterocycles. The van der Waals surface area contributed by atoms with Crippen LogP contribution < -0.4 is 5.32 Å². The SMILES string of the molecule is CCOCCOCC(O)CNC(C)C1CCCC1. The molecule has 4 heteroatoms. The van der Waals surface area contributed by atoms with Gasteiger partial charge in [-0.05, 0) is 32.6 Å². The van der Waals surface area contributed by atoms with Crippen molar-refractivity contribution >= 4 is 0 Å². The van der Waals surface area contributed by atoms with Gasteiger partial charge in [0, 0.05) is 19.2 Å². The third kappa shape index (κ3) is 6.69. The van der Waals surface area contributed by atoms with Crippen molar-refractivity contribution in [3.63, 3.8) is 0 Å². The van der Waals surface area contributed by atoms with Crippen molar-refractivity contribution in [1.82, 2.24) is 5.32 Å². The summed E-state index contributed by atoms with van der Waals surface area (Å²) in [4.78, 5) is 0. The molecule has 0 aromatic rings. The molecule has 0 aliphatic heterocycles. The molecule has 0 spiro atoms. The first-order chi connectivity index (χ1) is 8.74. The summed E-state index contributed by atoms with van der Waals surface area (Å²) >= 11 is 0. The van der Waals surface area contributed by atoms with Gasteiger partial charge in [0.1, 0.15) is 0 Å². The Morgan fingerprint density at radius 3 is 2.56 bits per heavy atom. The van der Waals surface area contributed by atoms with Crippen LogP contribution in [-0.2, 0) is 9.47 Å². The zero-order valence-corrected chi connectivity index (χ0v) is 11.9. The number of hydrogen-bond donors (Lipinski definition) is 2. The molecule has 0 heterocycles. The lowest BCUT2D eigenvalue weighted by Crippen LogP contribution is -2.39. The summed E-state index contributed by atoms with van der Waals surface area (Å²) in [6.07, 6.45) is 4.96. The van der Waals surface area contributed by atoms with E-state index in [1.165, 1.54) is 25.7 Å². The predicted octanol–water partition coefficient (Wildman–Crippen LogP) is 1.57. The fourth-order valence-corrected chi connectivity index (χ4v) is 2.49. The molecule has 1 fully saturated rings. The lowest BCUT2D eigenvalue weighted by atomic mass is 10.00. The second-order valence-corrected chi connectivity index (χ2v) is 5.17. The minimum absolute atomic E-state index is 0.386. The molecule has 4 nitrogen and oxygen atoms in total. The van der Waals surface area contributed by atoms with Gasteiger partial charge >= 0.3 is 0 Å². The highest BCUT2D eigenvalue weighted by Crippen LogP contribution is 2.27. The van der Waals surface area contributed by atoms with E-state index in [4.69, 9.17) is 9.47 Å². The van der Waals surface area contributed by atoms with Gasteiger partial charge in [-0.3, -0.25) is 0 Å². The normalized spacial score (nSPS) is 20.2. The summed E-state index contributed by atoms with van der Waals surface area (Å²) in [6, 6.07) is 0.505. The van der Waals surface area contributed by atoms with Crippen molar-refractivity contribution in [3.8, 4) is 0 Å². The molecule has 0 saturated heterocycles. The molecule has 18 heavy (non-hydrogen) atoms. The first kappa shape index (κ1) is 15.9. The second-order valence-electron chi connectivity index (χ2n) is 5.17. The average molecular weight is 259 g/mol. The van der Waals surface area contributed by atoms with Crippen molar-refractivity contribution < 1.29 is 14.6 Å². The standard InChI is InChI=1S/C14H29NO3/c1-3-17-8-9-18-11-14(16)10-15-12(2)13-6-4-5-7-13/h12-16H,3-11H2,1-2H3. The van der Waals surface area contributed by atoms with Crippen LogP contribution in [0.3, 0.4) is 0 Å². The Balaban J connectivity index is 1.96. The van der Waals surface area contributed by atoms with Crippen LogP contribution in [0.2, 0.25) is 0 Å². The van der Waals surface area contributed by atoms with Crippen LogP contribution in [0.15, 0.2) is 0 Å². The van der Waals surface area contributed by atoms with Gasteiger partial charge in [0.25, 0.3) is 0 Å². The highest BCUT2D eigenvalue weighted by molar-refractivity contribution is 4.78. The highest BCUT2D eigenvalue weighted by atomic mass is 16.5. The molecular weight excluding hydrogens is 230 g/mol. The fourth-order valence-electron chi connectivity index (χ4n) is 2.49. The first-order valence-electron chi connectivity index (χ1n) is 7.31. The summed E-state index contributed by atoms with van der Waals surface area (Å²) in [5.41, 5.74) is 0. The van der Waals surface area contributed by atoms with Gasteiger partial charge < -0.3 is 19.9 Å². The molecule has 2 N–H and O–H groups in total. The Bertz CT molecular complexity index is 195. The molecule has 2 unspecified atom stereocenters. The monoisotopic (exact) mass is 259 g/mol. The Labute approximate surface area is 111 Å². The largest absolute Gasteiger partial charge is 0.389 e. The van der Waals surface area contributed by atoms with Gasteiger partial charge in [-0.15, -0.1) is 0 Å². The molecule has 0 amide bonds. The predicted molar refractivity (Wildman–Crippen MR) is 72.7 cm³/mol. The molecule has 0 bridgehead atoms. The topological polar surface area (TPSA) is 50.7 Å². The molecule has 1 rings (SSSR count). The van der Waals surface area contributed by atoms with Crippen LogP contribution in [0.4, 0.5) is 0 Å². The number of rotatable bonds is 10. The summed E-state index contributed by atoms with van der Waals surface area (Å²) in [7, 11) is 0. The van der Waals surface area contributed by atoms with Gasteiger partial charge in [-0.2, -0.15) is 0 Å². The summed E-state index contributed by atoms with van der Waals surface area (Å²) in [6.45, 7) is 7.07. The summed E-state index contributed by atoms with van der Waals surface area (Å²) < 4.78 is 10.5. The Morgan fingerprint density at radius 2 is 1.89 bits per heavy atom. The lowest BCUT2D eigenvalue weighted by Gasteiger charge is -2.22. The van der Waals surface area contributed by atoms with E-state index in [0.29, 0.717) is 39.0 Å². The minimum atomic E-state index is -0.421. The molecular formula is C14H29NO3. The van der Waals surface area contributed by atoms with Crippen molar-refractivity contribution in [2.75, 3.05) is 33.0 Å². The highest BCUT2D eigenvalue weighted by Gasteiger charge is 2.21. The van der Waals surface area contributed by atoms with E-state index < -0.39 is 6.10 Å². The van der Waals surface area contributed by atoms with Gasteiger partial charge in [-0.1, -0.05) is 12.8 Å². The van der Waals surface area contributed by atoms with E-state index in [0.717, 1.165) is 5.92 Å². The molecule has 0 radical (unpaired) electrons. The quantitative estimate of drug-likeness (QED) is 0.585. The first-order valence-corrected chi connectivity index (χ1v) is 7.31. The molecule has 1 aliphatic carbocycles. The van der Waals surface area contributed by atoms with Crippen molar-refractivity contribution in [2.24, 2.45) is 5.92 Å². The maximum atomic E-state index is 9.77. The minimum Gasteiger partial charge on any atom is -0.389 e. The third-order valence-electron chi connectivity index (χ3n) is 3.67. The number of aliphatic hydroxyl groups is 1. The molecule has 1 saturated carbocycles. The maximum absolute atomic E-state index is 9.77. The van der Waals surface area contributed by atoms with Crippen LogP contribution in [0, 0.1) is 5.92 Å². The van der Waals surface area contributed by atoms with Gasteiger partial charge in [0.2, 0.25) is 0 Å². The summed E-state index contributed by atoms with van der Waals surface area (Å²) in [5.74, 6) is 0.788. The third-order valence-corrected chi connectivity index (χ3v) is 3.67. The molecule has 0 aromatic carbocycles. The van der Waals surface area contributed by atoms with Crippen molar-refractivity contribution in [2.45, 2.75) is 51.7 Å². The molecule has 108 valence electrons. The average Bonchev–Trinajstić information content (AvgIpc) is 2.89. The van der Waals surface area contributed by atoms with Crippen LogP contribution >= 0.6 is 0 Å². The van der Waals surface area contributed by atoms with Gasteiger partial charge in [-0.25, -0.2) is 0 Å². The molecule has 2 atom stereocenters. The van der Waals surface area contributed by atoms with E-state index in [2.05, 4.69) is 12.2 Å². The Morgan fingerprint density at radius 1 is 1.22 bits per heavy atom. The van der Waals surface area contributed by atoms with Crippen molar-refractivity contribution in [1.29, 1.82) is 0 Å². The number of aliphatic hydroxyl groups excluding tert-OH is 1. The van der Waals surface area contributed by atoms with E-state index in [-0.39, 0.29) is 0 Å². The second kappa shape index (κ2) is 9.73. The number of ether oxygens (including phenoxy) is 2. The summed E-state index contributed by atoms with van der Waals surface area (Å²) in [5, 5.41) is 13.2. The fraction of sp³-hybridized carbons (Fsp3) is 1.00. The Kier molecular flexibility index (Phi) is 8.59. The van der Waals surface area contributed by atoms with Crippen LogP contribution in [0.25, 0.3) is 0 Å². The van der Waals surface area contributed by atoms with Gasteiger partial charge in [0.15, 0.2) is 0 Å². The van der Waals surface area contributed by atoms with Gasteiger partial charge in [0.05, 0.1) is 25.9 Å². The molecule has 1 aliphatic rings. The zero-order chi connectivity index (χ0) is 13.2. The number of nitrogens with one attached hydrogen (secondary N) is 1. The lowest BCUT2D eigenvalue weighted by molar-refractivity contribution is 0.00538. The number of hydrogen-bond acceptors (Lipinski definition) is 4. The van der Waals surface area contributed by atoms with Crippen LogP contribution in [0.1, 0.15) is 39.5 Å². The van der Waals surface area contributed by atoms with E-state index in [1.54, 1.807) is 0 Å². The smallest absolute Gasteiger partial charge is 0.0897 e. The van der Waals surface area contributed by atoms with E-state index in [1.807, 2.05) is 6.92 Å². The van der Waals surface area contributed by atoms with E-state index >= 15 is 0 Å².